The standard InChI is InChI=1S/C24H27ClFNO5S3/c1-5-8-27(12-15(3)33-17-6-7-21(14(2)9-17)32-13-23(28)29)35(30,31)24-16(4)18-10-20(26)19(25)11-22(18)34-24/h6-7,9-11,15H,5,8,12-13H2,1-4H3,(H,28,29). The van der Waals surface area contributed by atoms with Crippen molar-refractivity contribution in [2.75, 3.05) is 19.7 Å². The molecule has 3 aromatic rings. The fraction of sp³-hybridized carbons (Fsp3) is 0.375. The van der Waals surface area contributed by atoms with E-state index in [1.54, 1.807) is 13.0 Å². The van der Waals surface area contributed by atoms with Gasteiger partial charge >= 0.3 is 5.97 Å². The van der Waals surface area contributed by atoms with Gasteiger partial charge in [0.2, 0.25) is 0 Å². The summed E-state index contributed by atoms with van der Waals surface area (Å²) >= 11 is 8.54. The Hall–Kier alpha value is -1.85. The highest BCUT2D eigenvalue weighted by Gasteiger charge is 2.30. The number of hydrogen-bond acceptors (Lipinski definition) is 6. The largest absolute Gasteiger partial charge is 0.482 e. The molecule has 0 bridgehead atoms. The lowest BCUT2D eigenvalue weighted by Gasteiger charge is -2.24. The minimum Gasteiger partial charge on any atom is -0.482 e. The van der Waals surface area contributed by atoms with Gasteiger partial charge in [-0.15, -0.1) is 23.1 Å². The number of thiophene rings is 1. The van der Waals surface area contributed by atoms with Gasteiger partial charge in [0, 0.05) is 27.9 Å². The lowest BCUT2D eigenvalue weighted by Crippen LogP contribution is -2.36. The quantitative estimate of drug-likeness (QED) is 0.275. The lowest BCUT2D eigenvalue weighted by molar-refractivity contribution is -0.139. The van der Waals surface area contributed by atoms with Crippen molar-refractivity contribution in [3.05, 3.63) is 52.3 Å². The van der Waals surface area contributed by atoms with E-state index in [1.165, 1.54) is 28.2 Å². The second-order valence-corrected chi connectivity index (χ2v) is 13.3. The number of hydrogen-bond donors (Lipinski definition) is 1. The highest BCUT2D eigenvalue weighted by atomic mass is 35.5. The number of halogens is 2. The predicted octanol–water partition coefficient (Wildman–Crippen LogP) is 6.36. The molecule has 0 aliphatic heterocycles. The zero-order valence-electron chi connectivity index (χ0n) is 19.8. The van der Waals surface area contributed by atoms with Crippen LogP contribution >= 0.6 is 34.7 Å². The molecule has 0 fully saturated rings. The summed E-state index contributed by atoms with van der Waals surface area (Å²) in [6, 6.07) is 8.21. The Morgan fingerprint density at radius 2 is 2.00 bits per heavy atom. The zero-order chi connectivity index (χ0) is 25.9. The number of nitrogens with zero attached hydrogens (tertiary/aromatic N) is 1. The summed E-state index contributed by atoms with van der Waals surface area (Å²) in [5, 5.41) is 9.24. The van der Waals surface area contributed by atoms with Crippen molar-refractivity contribution in [2.24, 2.45) is 0 Å². The van der Waals surface area contributed by atoms with Crippen LogP contribution in [0.15, 0.2) is 39.4 Å². The van der Waals surface area contributed by atoms with Crippen LogP contribution in [-0.4, -0.2) is 48.7 Å². The minimum absolute atomic E-state index is 0.0344. The van der Waals surface area contributed by atoms with Gasteiger partial charge in [0.15, 0.2) is 6.61 Å². The normalized spacial score (nSPS) is 12.9. The molecular formula is C24H27ClFNO5S3. The maximum atomic E-state index is 14.0. The molecule has 1 heterocycles. The molecule has 0 amide bonds. The van der Waals surface area contributed by atoms with Crippen molar-refractivity contribution in [1.29, 1.82) is 0 Å². The van der Waals surface area contributed by atoms with Gasteiger partial charge in [-0.05, 0) is 67.1 Å². The summed E-state index contributed by atoms with van der Waals surface area (Å²) in [5.41, 5.74) is 1.32. The van der Waals surface area contributed by atoms with Gasteiger partial charge in [0.25, 0.3) is 10.0 Å². The van der Waals surface area contributed by atoms with E-state index in [-0.39, 0.29) is 14.5 Å². The molecule has 35 heavy (non-hydrogen) atoms. The first-order valence-corrected chi connectivity index (χ1v) is 14.5. The van der Waals surface area contributed by atoms with Crippen LogP contribution < -0.4 is 4.74 Å². The maximum Gasteiger partial charge on any atom is 0.341 e. The SMILES string of the molecule is CCCN(CC(C)Sc1ccc(OCC(=O)O)c(C)c1)S(=O)(=O)c1sc2cc(Cl)c(F)cc2c1C. The third-order valence-corrected chi connectivity index (χ3v) is 10.4. The maximum absolute atomic E-state index is 14.0. The molecule has 0 aliphatic rings. The van der Waals surface area contributed by atoms with E-state index in [0.29, 0.717) is 40.9 Å². The summed E-state index contributed by atoms with van der Waals surface area (Å²) in [5.74, 6) is -1.12. The van der Waals surface area contributed by atoms with Crippen molar-refractivity contribution in [3.8, 4) is 5.75 Å². The molecule has 0 radical (unpaired) electrons. The number of aryl methyl sites for hydroxylation is 2. The fourth-order valence-corrected chi connectivity index (χ4v) is 8.64. The molecule has 0 saturated carbocycles. The molecule has 1 unspecified atom stereocenters. The van der Waals surface area contributed by atoms with E-state index in [2.05, 4.69) is 0 Å². The predicted molar refractivity (Wildman–Crippen MR) is 140 cm³/mol. The van der Waals surface area contributed by atoms with Gasteiger partial charge in [-0.3, -0.25) is 0 Å². The molecule has 3 rings (SSSR count). The molecular weight excluding hydrogens is 533 g/mol. The molecule has 0 saturated heterocycles. The second-order valence-electron chi connectivity index (χ2n) is 8.18. The average Bonchev–Trinajstić information content (AvgIpc) is 3.09. The topological polar surface area (TPSA) is 83.9 Å². The number of carboxylic acids is 1. The lowest BCUT2D eigenvalue weighted by atomic mass is 10.2. The number of rotatable bonds is 11. The van der Waals surface area contributed by atoms with Gasteiger partial charge in [-0.2, -0.15) is 4.31 Å². The van der Waals surface area contributed by atoms with E-state index >= 15 is 0 Å². The molecule has 0 spiro atoms. The number of carbonyl (C=O) groups is 1. The van der Waals surface area contributed by atoms with E-state index < -0.39 is 28.4 Å². The number of carboxylic acid groups (broad SMARTS) is 1. The van der Waals surface area contributed by atoms with Gasteiger partial charge in [0.1, 0.15) is 15.8 Å². The first kappa shape index (κ1) is 27.7. The Kier molecular flexibility index (Phi) is 9.09. The second kappa shape index (κ2) is 11.5. The number of ether oxygens (including phenoxy) is 1. The van der Waals surface area contributed by atoms with Crippen LogP contribution in [0.4, 0.5) is 4.39 Å². The first-order chi connectivity index (χ1) is 16.4. The van der Waals surface area contributed by atoms with Crippen molar-refractivity contribution >= 4 is 60.8 Å². The van der Waals surface area contributed by atoms with Crippen LogP contribution in [0.1, 0.15) is 31.4 Å². The Bertz CT molecular complexity index is 1340. The Morgan fingerprint density at radius 3 is 2.63 bits per heavy atom. The smallest absolute Gasteiger partial charge is 0.341 e. The van der Waals surface area contributed by atoms with Crippen LogP contribution in [-0.2, 0) is 14.8 Å². The van der Waals surface area contributed by atoms with Crippen LogP contribution in [0.25, 0.3) is 10.1 Å². The van der Waals surface area contributed by atoms with Gasteiger partial charge in [0.05, 0.1) is 5.02 Å². The molecule has 1 N–H and O–H groups in total. The highest BCUT2D eigenvalue weighted by Crippen LogP contribution is 2.38. The minimum atomic E-state index is -3.80. The molecule has 0 aliphatic carbocycles. The number of thioether (sulfide) groups is 1. The zero-order valence-corrected chi connectivity index (χ0v) is 23.0. The van der Waals surface area contributed by atoms with Gasteiger partial charge < -0.3 is 9.84 Å². The number of benzene rings is 2. The summed E-state index contributed by atoms with van der Waals surface area (Å²) in [7, 11) is -3.80. The number of aliphatic carboxylic acids is 1. The van der Waals surface area contributed by atoms with E-state index in [0.717, 1.165) is 21.8 Å². The van der Waals surface area contributed by atoms with E-state index in [1.807, 2.05) is 32.9 Å². The average molecular weight is 560 g/mol. The number of fused-ring (bicyclic) bond motifs is 1. The van der Waals surface area contributed by atoms with Crippen LogP contribution in [0.2, 0.25) is 5.02 Å². The molecule has 11 heteroatoms. The van der Waals surface area contributed by atoms with Crippen molar-refractivity contribution in [3.63, 3.8) is 0 Å². The van der Waals surface area contributed by atoms with Crippen molar-refractivity contribution < 1.29 is 27.4 Å². The van der Waals surface area contributed by atoms with Crippen LogP contribution in [0.3, 0.4) is 0 Å². The first-order valence-electron chi connectivity index (χ1n) is 10.9. The Balaban J connectivity index is 1.81. The van der Waals surface area contributed by atoms with Crippen LogP contribution in [0, 0.1) is 19.7 Å². The summed E-state index contributed by atoms with van der Waals surface area (Å²) in [4.78, 5) is 11.7. The van der Waals surface area contributed by atoms with Gasteiger partial charge in [-0.1, -0.05) is 25.4 Å². The fourth-order valence-electron chi connectivity index (χ4n) is 3.67. The molecule has 1 atom stereocenters. The Morgan fingerprint density at radius 1 is 1.29 bits per heavy atom. The van der Waals surface area contributed by atoms with Crippen molar-refractivity contribution in [1.82, 2.24) is 4.31 Å². The highest BCUT2D eigenvalue weighted by molar-refractivity contribution is 8.00. The van der Waals surface area contributed by atoms with Gasteiger partial charge in [-0.25, -0.2) is 17.6 Å². The van der Waals surface area contributed by atoms with Crippen LogP contribution in [0.5, 0.6) is 5.75 Å². The van der Waals surface area contributed by atoms with E-state index in [4.69, 9.17) is 21.4 Å². The summed E-state index contributed by atoms with van der Waals surface area (Å²) in [6.07, 6.45) is 0.649. The van der Waals surface area contributed by atoms with Crippen molar-refractivity contribution in [2.45, 2.75) is 48.5 Å². The summed E-state index contributed by atoms with van der Waals surface area (Å²) in [6.45, 7) is 7.64. The monoisotopic (exact) mass is 559 g/mol. The number of sulfonamides is 1. The third-order valence-electron chi connectivity index (χ3n) is 5.28. The molecule has 6 nitrogen and oxygen atoms in total. The molecule has 2 aromatic carbocycles. The summed E-state index contributed by atoms with van der Waals surface area (Å²) < 4.78 is 48.9. The molecule has 190 valence electrons. The Labute approximate surface area is 218 Å². The van der Waals surface area contributed by atoms with E-state index in [9.17, 15) is 17.6 Å². The molecule has 1 aromatic heterocycles. The third kappa shape index (κ3) is 6.48.